The molecule has 0 aliphatic carbocycles. The molecule has 0 amide bonds. The van der Waals surface area contributed by atoms with E-state index in [9.17, 15) is 9.90 Å². The summed E-state index contributed by atoms with van der Waals surface area (Å²) in [6, 6.07) is 7.58. The number of carboxylic acids is 1. The highest BCUT2D eigenvalue weighted by atomic mass is 16.5. The molecule has 1 aromatic carbocycles. The van der Waals surface area contributed by atoms with Crippen molar-refractivity contribution in [1.82, 2.24) is 0 Å². The number of hydrogen-bond acceptors (Lipinski definition) is 3. The maximum absolute atomic E-state index is 10.3. The molecule has 17 heavy (non-hydrogen) atoms. The molecular formula is C13H18O4. The van der Waals surface area contributed by atoms with Gasteiger partial charge in [-0.3, -0.25) is 4.79 Å². The van der Waals surface area contributed by atoms with E-state index in [4.69, 9.17) is 9.84 Å². The van der Waals surface area contributed by atoms with Gasteiger partial charge in [0, 0.05) is 0 Å². The van der Waals surface area contributed by atoms with Crippen molar-refractivity contribution in [3.05, 3.63) is 29.8 Å². The van der Waals surface area contributed by atoms with Crippen LogP contribution in [0.2, 0.25) is 0 Å². The van der Waals surface area contributed by atoms with Crippen molar-refractivity contribution in [2.75, 3.05) is 6.61 Å². The number of benzene rings is 1. The molecule has 4 nitrogen and oxygen atoms in total. The van der Waals surface area contributed by atoms with Crippen LogP contribution in [0.25, 0.3) is 0 Å². The summed E-state index contributed by atoms with van der Waals surface area (Å²) in [5.41, 5.74) is 1.15. The van der Waals surface area contributed by atoms with E-state index in [1.54, 1.807) is 6.07 Å². The molecule has 0 bridgehead atoms. The Morgan fingerprint density at radius 2 is 2.12 bits per heavy atom. The number of aliphatic hydroxyl groups is 1. The summed E-state index contributed by atoms with van der Waals surface area (Å²) in [7, 11) is 0. The van der Waals surface area contributed by atoms with Gasteiger partial charge in [0.25, 0.3) is 0 Å². The summed E-state index contributed by atoms with van der Waals surface area (Å²) in [5.74, 6) is 0.0279. The molecule has 2 N–H and O–H groups in total. The number of rotatable bonds is 6. The molecule has 0 saturated carbocycles. The van der Waals surface area contributed by atoms with Crippen molar-refractivity contribution in [2.24, 2.45) is 0 Å². The maximum atomic E-state index is 10.3. The van der Waals surface area contributed by atoms with Gasteiger partial charge in [-0.25, -0.2) is 0 Å². The topological polar surface area (TPSA) is 66.8 Å². The number of ether oxygens (including phenoxy) is 1. The third-order valence-corrected chi connectivity index (χ3v) is 2.38. The molecule has 0 aliphatic heterocycles. The lowest BCUT2D eigenvalue weighted by Gasteiger charge is -2.12. The molecule has 94 valence electrons. The number of hydrogen-bond donors (Lipinski definition) is 2. The lowest BCUT2D eigenvalue weighted by molar-refractivity contribution is -0.139. The number of aliphatic carboxylic acids is 1. The van der Waals surface area contributed by atoms with Crippen LogP contribution < -0.4 is 4.74 Å². The zero-order valence-electron chi connectivity index (χ0n) is 10.1. The summed E-state index contributed by atoms with van der Waals surface area (Å²) < 4.78 is 5.35. The van der Waals surface area contributed by atoms with Crippen LogP contribution in [0.3, 0.4) is 0 Å². The van der Waals surface area contributed by atoms with E-state index in [0.717, 1.165) is 5.56 Å². The van der Waals surface area contributed by atoms with Crippen LogP contribution >= 0.6 is 0 Å². The van der Waals surface area contributed by atoms with Gasteiger partial charge in [0.1, 0.15) is 12.4 Å². The fraction of sp³-hybridized carbons (Fsp3) is 0.462. The lowest BCUT2D eigenvalue weighted by Crippen LogP contribution is -2.21. The van der Waals surface area contributed by atoms with E-state index in [0.29, 0.717) is 11.7 Å². The Labute approximate surface area is 101 Å². The third kappa shape index (κ3) is 4.87. The molecule has 0 spiro atoms. The molecule has 1 atom stereocenters. The second kappa shape index (κ2) is 6.25. The molecule has 4 heteroatoms. The Balaban J connectivity index is 2.51. The van der Waals surface area contributed by atoms with Crippen molar-refractivity contribution in [2.45, 2.75) is 32.3 Å². The predicted molar refractivity (Wildman–Crippen MR) is 64.3 cm³/mol. The van der Waals surface area contributed by atoms with Gasteiger partial charge >= 0.3 is 5.97 Å². The first-order valence-electron chi connectivity index (χ1n) is 5.61. The number of aliphatic hydroxyl groups excluding tert-OH is 1. The quantitative estimate of drug-likeness (QED) is 0.795. The summed E-state index contributed by atoms with van der Waals surface area (Å²) in [6.07, 6.45) is -1.28. The lowest BCUT2D eigenvalue weighted by atomic mass is 10.0. The van der Waals surface area contributed by atoms with E-state index in [-0.39, 0.29) is 13.0 Å². The van der Waals surface area contributed by atoms with Gasteiger partial charge in [-0.05, 0) is 23.6 Å². The monoisotopic (exact) mass is 238 g/mol. The molecule has 1 aromatic rings. The van der Waals surface area contributed by atoms with E-state index in [2.05, 4.69) is 13.8 Å². The summed E-state index contributed by atoms with van der Waals surface area (Å²) >= 11 is 0. The van der Waals surface area contributed by atoms with Crippen LogP contribution in [0.1, 0.15) is 31.7 Å². The zero-order valence-corrected chi connectivity index (χ0v) is 10.1. The van der Waals surface area contributed by atoms with Crippen LogP contribution in [0.4, 0.5) is 0 Å². The van der Waals surface area contributed by atoms with Gasteiger partial charge in [0.2, 0.25) is 0 Å². The van der Waals surface area contributed by atoms with Crippen molar-refractivity contribution in [1.29, 1.82) is 0 Å². The molecule has 0 fully saturated rings. The van der Waals surface area contributed by atoms with Gasteiger partial charge < -0.3 is 14.9 Å². The van der Waals surface area contributed by atoms with Crippen molar-refractivity contribution < 1.29 is 19.7 Å². The minimum atomic E-state index is -1.03. The minimum Gasteiger partial charge on any atom is -0.491 e. The molecule has 0 aromatic heterocycles. The van der Waals surface area contributed by atoms with Crippen molar-refractivity contribution in [3.63, 3.8) is 0 Å². The first-order chi connectivity index (χ1) is 7.99. The van der Waals surface area contributed by atoms with Crippen LogP contribution in [0.5, 0.6) is 5.75 Å². The van der Waals surface area contributed by atoms with Crippen LogP contribution in [0.15, 0.2) is 24.3 Å². The second-order valence-corrected chi connectivity index (χ2v) is 4.29. The van der Waals surface area contributed by atoms with Crippen molar-refractivity contribution >= 4 is 5.97 Å². The first-order valence-corrected chi connectivity index (χ1v) is 5.61. The standard InChI is InChI=1S/C13H18O4/c1-9(2)10-4-3-5-12(6-10)17-8-11(14)7-13(15)16/h3-6,9,11,14H,7-8H2,1-2H3,(H,15,16). The Kier molecular flexibility index (Phi) is 4.97. The largest absolute Gasteiger partial charge is 0.491 e. The Bertz CT molecular complexity index is 373. The molecule has 1 rings (SSSR count). The average molecular weight is 238 g/mol. The van der Waals surface area contributed by atoms with E-state index in [1.165, 1.54) is 0 Å². The van der Waals surface area contributed by atoms with E-state index < -0.39 is 12.1 Å². The average Bonchev–Trinajstić information content (AvgIpc) is 2.26. The highest BCUT2D eigenvalue weighted by molar-refractivity contribution is 5.67. The van der Waals surface area contributed by atoms with E-state index in [1.807, 2.05) is 18.2 Å². The van der Waals surface area contributed by atoms with Gasteiger partial charge in [0.15, 0.2) is 0 Å². The molecule has 0 heterocycles. The Morgan fingerprint density at radius 3 is 2.71 bits per heavy atom. The molecule has 0 saturated heterocycles. The van der Waals surface area contributed by atoms with Crippen LogP contribution in [-0.2, 0) is 4.79 Å². The zero-order chi connectivity index (χ0) is 12.8. The minimum absolute atomic E-state index is 0.00610. The molecule has 0 aliphatic rings. The SMILES string of the molecule is CC(C)c1cccc(OCC(O)CC(=O)O)c1. The predicted octanol–water partition coefficient (Wildman–Crippen LogP) is 2.02. The van der Waals surface area contributed by atoms with Crippen LogP contribution in [0, 0.1) is 0 Å². The Morgan fingerprint density at radius 1 is 1.41 bits per heavy atom. The smallest absolute Gasteiger partial charge is 0.306 e. The number of carboxylic acid groups (broad SMARTS) is 1. The summed E-state index contributed by atoms with van der Waals surface area (Å²) in [5, 5.41) is 17.8. The summed E-state index contributed by atoms with van der Waals surface area (Å²) in [6.45, 7) is 4.16. The highest BCUT2D eigenvalue weighted by Gasteiger charge is 2.10. The fourth-order valence-electron chi connectivity index (χ4n) is 1.42. The fourth-order valence-corrected chi connectivity index (χ4v) is 1.42. The third-order valence-electron chi connectivity index (χ3n) is 2.38. The van der Waals surface area contributed by atoms with Crippen LogP contribution in [-0.4, -0.2) is 28.9 Å². The molecular weight excluding hydrogens is 220 g/mol. The van der Waals surface area contributed by atoms with Crippen molar-refractivity contribution in [3.8, 4) is 5.75 Å². The van der Waals surface area contributed by atoms with E-state index >= 15 is 0 Å². The molecule has 0 radical (unpaired) electrons. The highest BCUT2D eigenvalue weighted by Crippen LogP contribution is 2.20. The number of carbonyl (C=O) groups is 1. The first kappa shape index (κ1) is 13.5. The Hall–Kier alpha value is -1.55. The van der Waals surface area contributed by atoms with Gasteiger partial charge in [-0.1, -0.05) is 26.0 Å². The summed E-state index contributed by atoms with van der Waals surface area (Å²) in [4.78, 5) is 10.3. The van der Waals surface area contributed by atoms with Gasteiger partial charge in [0.05, 0.1) is 12.5 Å². The normalized spacial score (nSPS) is 12.5. The molecule has 1 unspecified atom stereocenters. The van der Waals surface area contributed by atoms with Gasteiger partial charge in [-0.15, -0.1) is 0 Å². The maximum Gasteiger partial charge on any atom is 0.306 e. The second-order valence-electron chi connectivity index (χ2n) is 4.29. The van der Waals surface area contributed by atoms with Gasteiger partial charge in [-0.2, -0.15) is 0 Å².